The molecular weight excluding hydrogens is 368 g/mol. The van der Waals surface area contributed by atoms with Crippen molar-refractivity contribution in [2.45, 2.75) is 61.7 Å². The van der Waals surface area contributed by atoms with E-state index in [9.17, 15) is 4.79 Å². The summed E-state index contributed by atoms with van der Waals surface area (Å²) in [6.45, 7) is 16.5. The molecule has 1 rings (SSSR count). The van der Waals surface area contributed by atoms with Crippen molar-refractivity contribution >= 4 is 6.29 Å². The van der Waals surface area contributed by atoms with Crippen LogP contribution in [0.3, 0.4) is 0 Å². The van der Waals surface area contributed by atoms with Crippen LogP contribution in [0.4, 0.5) is 0 Å². The van der Waals surface area contributed by atoms with E-state index in [0.29, 0.717) is 13.2 Å². The van der Waals surface area contributed by atoms with Crippen LogP contribution < -0.4 is 0 Å². The lowest BCUT2D eigenvalue weighted by Gasteiger charge is -2.40. The molecule has 0 unspecified atom stereocenters. The van der Waals surface area contributed by atoms with Crippen molar-refractivity contribution in [2.75, 3.05) is 39.6 Å². The molecule has 28 heavy (non-hydrogen) atoms. The molecule has 0 aromatic heterocycles. The number of rotatable bonds is 6. The second kappa shape index (κ2) is 13.6. The fourth-order valence-electron chi connectivity index (χ4n) is 1.31. The molecule has 1 aliphatic rings. The van der Waals surface area contributed by atoms with Gasteiger partial charge in [-0.05, 0) is 0 Å². The maximum atomic E-state index is 9.90. The Kier molecular flexibility index (Phi) is 15.6. The van der Waals surface area contributed by atoms with Crippen LogP contribution in [0.1, 0.15) is 56.8 Å². The highest BCUT2D eigenvalue weighted by Crippen LogP contribution is 2.31. The van der Waals surface area contributed by atoms with Crippen LogP contribution in [-0.4, -0.2) is 78.1 Å². The first-order chi connectivity index (χ1) is 12.1. The number of carbonyl (C=O) groups excluding carboxylic acids is 1. The van der Waals surface area contributed by atoms with Crippen molar-refractivity contribution in [1.82, 2.24) is 0 Å². The molecule has 172 valence electrons. The highest BCUT2D eigenvalue weighted by Gasteiger charge is 2.37. The molecule has 1 fully saturated rings. The summed E-state index contributed by atoms with van der Waals surface area (Å²) >= 11 is 0. The van der Waals surface area contributed by atoms with Crippen LogP contribution in [0.25, 0.3) is 0 Å². The Hall–Kier alpha value is -0.610. The summed E-state index contributed by atoms with van der Waals surface area (Å²) in [5.74, 6) is 0. The standard InChI is InChI=1S/C10H20O3.C5H12O2.C5H10O2.H2O/c1-9(2)6-12-8(13-7-9)10(3,4)5-11;2*1-5(2,3-6)4-7;/h8,11H,5-7H2,1-4H3;6-7H,3-4H2,1-2H3;3,7H,4H2,1-2H3;1H2/p+1. The average molecular weight is 414 g/mol. The lowest BCUT2D eigenvalue weighted by atomic mass is 9.90. The van der Waals surface area contributed by atoms with E-state index in [1.807, 2.05) is 13.8 Å². The van der Waals surface area contributed by atoms with Gasteiger partial charge in [-0.1, -0.05) is 55.4 Å². The van der Waals surface area contributed by atoms with Gasteiger partial charge in [0, 0.05) is 21.7 Å². The van der Waals surface area contributed by atoms with Crippen molar-refractivity contribution in [2.24, 2.45) is 21.7 Å². The van der Waals surface area contributed by atoms with Crippen molar-refractivity contribution in [3.8, 4) is 0 Å². The summed E-state index contributed by atoms with van der Waals surface area (Å²) < 4.78 is 11.1. The number of aliphatic hydroxyl groups excluding tert-OH is 4. The topological polar surface area (TPSA) is 148 Å². The van der Waals surface area contributed by atoms with Crippen molar-refractivity contribution in [1.29, 1.82) is 0 Å². The van der Waals surface area contributed by atoms with Crippen LogP contribution in [-0.2, 0) is 14.3 Å². The van der Waals surface area contributed by atoms with Gasteiger partial charge in [-0.3, -0.25) is 0 Å². The van der Waals surface area contributed by atoms with Gasteiger partial charge in [-0.25, -0.2) is 0 Å². The van der Waals surface area contributed by atoms with E-state index in [-0.39, 0.29) is 55.9 Å². The van der Waals surface area contributed by atoms with Crippen molar-refractivity contribution < 1.29 is 41.6 Å². The first-order valence-corrected chi connectivity index (χ1v) is 9.25. The zero-order valence-corrected chi connectivity index (χ0v) is 18.9. The Balaban J connectivity index is -0.000000170. The third-order valence-electron chi connectivity index (χ3n) is 3.88. The molecule has 1 saturated heterocycles. The second-order valence-electron chi connectivity index (χ2n) is 10.0. The van der Waals surface area contributed by atoms with E-state index in [0.717, 1.165) is 6.29 Å². The Morgan fingerprint density at radius 1 is 0.893 bits per heavy atom. The summed E-state index contributed by atoms with van der Waals surface area (Å²) in [5.41, 5.74) is -1.06. The SMILES string of the molecule is CC(C)(C=O)CO.CC(C)(CO)CO.CC1(C)COC(C(C)(C)CO)OC1.O.[H+]. The fourth-order valence-corrected chi connectivity index (χ4v) is 1.31. The fraction of sp³-hybridized carbons (Fsp3) is 0.950. The van der Waals surface area contributed by atoms with E-state index < -0.39 is 5.41 Å². The average Bonchev–Trinajstić information content (AvgIpc) is 2.62. The molecule has 0 aliphatic carbocycles. The first kappa shape index (κ1) is 32.1. The molecule has 0 spiro atoms. The number of hydrogen-bond donors (Lipinski definition) is 4. The number of aldehydes is 1. The molecule has 0 aromatic rings. The third kappa shape index (κ3) is 14.4. The van der Waals surface area contributed by atoms with Gasteiger partial charge in [0.25, 0.3) is 0 Å². The first-order valence-electron chi connectivity index (χ1n) is 9.25. The highest BCUT2D eigenvalue weighted by atomic mass is 16.7. The minimum Gasteiger partial charge on any atom is -0.412 e. The van der Waals surface area contributed by atoms with E-state index in [1.165, 1.54) is 0 Å². The summed E-state index contributed by atoms with van der Waals surface area (Å²) in [4.78, 5) is 9.90. The maximum absolute atomic E-state index is 9.90. The van der Waals surface area contributed by atoms with Crippen LogP contribution in [0, 0.1) is 21.7 Å². The Bertz CT molecular complexity index is 395. The summed E-state index contributed by atoms with van der Waals surface area (Å²) in [5, 5.41) is 34.3. The summed E-state index contributed by atoms with van der Waals surface area (Å²) in [6.07, 6.45) is 0.470. The van der Waals surface area contributed by atoms with Crippen molar-refractivity contribution in [3.63, 3.8) is 0 Å². The molecule has 1 heterocycles. The van der Waals surface area contributed by atoms with Gasteiger partial charge in [0.1, 0.15) is 6.29 Å². The molecule has 0 amide bonds. The van der Waals surface area contributed by atoms with E-state index in [2.05, 4.69) is 13.8 Å². The molecule has 8 nitrogen and oxygen atoms in total. The molecule has 0 radical (unpaired) electrons. The number of aliphatic hydroxyl groups is 4. The summed E-state index contributed by atoms with van der Waals surface area (Å²) in [7, 11) is 0. The van der Waals surface area contributed by atoms with E-state index in [1.54, 1.807) is 27.7 Å². The van der Waals surface area contributed by atoms with Gasteiger partial charge in [-0.15, -0.1) is 0 Å². The minimum absolute atomic E-state index is 0. The highest BCUT2D eigenvalue weighted by molar-refractivity contribution is 5.57. The van der Waals surface area contributed by atoms with E-state index in [4.69, 9.17) is 29.9 Å². The molecule has 0 aromatic carbocycles. The minimum atomic E-state index is -0.542. The smallest absolute Gasteiger partial charge is 0.412 e. The normalized spacial score (nSPS) is 17.3. The monoisotopic (exact) mass is 413 g/mol. The molecule has 1 aliphatic heterocycles. The quantitative estimate of drug-likeness (QED) is 0.473. The van der Waals surface area contributed by atoms with Crippen LogP contribution >= 0.6 is 0 Å². The molecule has 0 atom stereocenters. The van der Waals surface area contributed by atoms with Crippen LogP contribution in [0.15, 0.2) is 0 Å². The largest absolute Gasteiger partial charge is 1.00 e. The molecule has 0 bridgehead atoms. The van der Waals surface area contributed by atoms with Gasteiger partial charge in [-0.2, -0.15) is 0 Å². The zero-order chi connectivity index (χ0) is 21.9. The van der Waals surface area contributed by atoms with Gasteiger partial charge in [0.2, 0.25) is 0 Å². The van der Waals surface area contributed by atoms with Gasteiger partial charge < -0.3 is 40.2 Å². The van der Waals surface area contributed by atoms with E-state index >= 15 is 0 Å². The van der Waals surface area contributed by atoms with Crippen molar-refractivity contribution in [3.05, 3.63) is 0 Å². The zero-order valence-electron chi connectivity index (χ0n) is 19.9. The predicted octanol–water partition coefficient (Wildman–Crippen LogP) is 0.893. The summed E-state index contributed by atoms with van der Waals surface area (Å²) in [6, 6.07) is 0. The Morgan fingerprint density at radius 2 is 1.29 bits per heavy atom. The molecule has 0 saturated carbocycles. The Labute approximate surface area is 171 Å². The van der Waals surface area contributed by atoms with Crippen LogP contribution in [0.2, 0.25) is 0 Å². The van der Waals surface area contributed by atoms with Gasteiger partial charge in [0.05, 0.1) is 39.6 Å². The lowest BCUT2D eigenvalue weighted by Crippen LogP contribution is -2.46. The number of carbonyl (C=O) groups is 1. The predicted molar refractivity (Wildman–Crippen MR) is 110 cm³/mol. The second-order valence-corrected chi connectivity index (χ2v) is 10.0. The third-order valence-corrected chi connectivity index (χ3v) is 3.88. The molecule has 6 N–H and O–H groups in total. The molecule has 8 heteroatoms. The van der Waals surface area contributed by atoms with Gasteiger partial charge >= 0.3 is 1.43 Å². The lowest BCUT2D eigenvalue weighted by molar-refractivity contribution is -0.267. The maximum Gasteiger partial charge on any atom is 1.00 e. The number of ether oxygens (including phenoxy) is 2. The van der Waals surface area contributed by atoms with Gasteiger partial charge in [0.15, 0.2) is 6.29 Å². The molecular formula is C20H45O8+. The Morgan fingerprint density at radius 3 is 1.46 bits per heavy atom. The number of hydrogen-bond acceptors (Lipinski definition) is 7. The van der Waals surface area contributed by atoms with Crippen LogP contribution in [0.5, 0.6) is 0 Å².